The van der Waals surface area contributed by atoms with Crippen molar-refractivity contribution in [3.8, 4) is 0 Å². The largest absolute Gasteiger partial charge is 0.470 e. The monoisotopic (exact) mass is 497 g/mol. The number of rotatable bonds is 8. The number of hydrogen-bond acceptors (Lipinski definition) is 14. The van der Waals surface area contributed by atoms with E-state index in [4.69, 9.17) is 40.7 Å². The van der Waals surface area contributed by atoms with Crippen LogP contribution in [0.5, 0.6) is 0 Å². The minimum atomic E-state index is -4.88. The van der Waals surface area contributed by atoms with Gasteiger partial charge in [0, 0.05) is 0 Å². The number of anilines is 1. The van der Waals surface area contributed by atoms with Crippen LogP contribution >= 0.6 is 7.82 Å². The van der Waals surface area contributed by atoms with Crippen molar-refractivity contribution in [1.82, 2.24) is 19.5 Å². The van der Waals surface area contributed by atoms with Gasteiger partial charge in [-0.15, -0.1) is 0 Å². The zero-order valence-corrected chi connectivity index (χ0v) is 17.6. The molecule has 0 saturated carbocycles. The minimum Gasteiger partial charge on any atom is -0.394 e. The van der Waals surface area contributed by atoms with Crippen LogP contribution < -0.4 is 5.73 Å². The van der Waals surface area contributed by atoms with Gasteiger partial charge in [-0.05, 0) is 0 Å². The molecule has 2 aromatic heterocycles. The fraction of sp³-hybridized carbons (Fsp3) is 0.600. The first-order chi connectivity index (χ1) is 15.4. The molecule has 0 amide bonds. The maximum atomic E-state index is 11.0. The van der Waals surface area contributed by atoms with Crippen molar-refractivity contribution >= 4 is 31.1 Å². The third-order valence-corrected chi connectivity index (χ3v) is 5.00. The summed E-state index contributed by atoms with van der Waals surface area (Å²) in [6.45, 7) is -1.30. The van der Waals surface area contributed by atoms with E-state index in [0.29, 0.717) is 0 Å². The summed E-state index contributed by atoms with van der Waals surface area (Å²) in [5.41, 5.74) is 6.21. The van der Waals surface area contributed by atoms with Gasteiger partial charge in [0.2, 0.25) is 0 Å². The molecule has 186 valence electrons. The van der Waals surface area contributed by atoms with Crippen LogP contribution in [-0.2, 0) is 18.6 Å². The van der Waals surface area contributed by atoms with E-state index in [-0.39, 0.29) is 23.3 Å². The van der Waals surface area contributed by atoms with Gasteiger partial charge in [-0.3, -0.25) is 9.09 Å². The summed E-state index contributed by atoms with van der Waals surface area (Å²) in [6, 6.07) is 0. The van der Waals surface area contributed by atoms with Crippen LogP contribution in [0.3, 0.4) is 0 Å². The Morgan fingerprint density at radius 2 is 1.91 bits per heavy atom. The number of aliphatic hydroxyl groups is 6. The fourth-order valence-electron chi connectivity index (χ4n) is 2.86. The van der Waals surface area contributed by atoms with Crippen molar-refractivity contribution in [1.29, 1.82) is 0 Å². The molecule has 1 aliphatic rings. The summed E-state index contributed by atoms with van der Waals surface area (Å²) < 4.78 is 22.3. The number of fused-ring (bicyclic) bond motifs is 1. The molecule has 7 atom stereocenters. The molecule has 18 heteroatoms. The van der Waals surface area contributed by atoms with E-state index in [9.17, 15) is 19.6 Å². The van der Waals surface area contributed by atoms with E-state index in [1.807, 2.05) is 0 Å². The third-order valence-electron chi connectivity index (χ3n) is 4.48. The molecule has 17 nitrogen and oxygen atoms in total. The molecule has 3 heterocycles. The lowest BCUT2D eigenvalue weighted by atomic mass is 10.1. The predicted molar refractivity (Wildman–Crippen MR) is 105 cm³/mol. The SMILES string of the molecule is Nc1ncnc2c1ncn2[C@@H]1O[C@H](CO)[C@@H](OP(=O)(O)O)[C@H]1O.O=CC(O)C(O)C(O)CO. The number of nitrogens with two attached hydrogens (primary N) is 1. The standard InChI is InChI=1S/C10H14N5O7P.C5H10O5/c11-8-5-9(13-2-12-8)15(3-14-5)10-6(17)7(4(1-16)21-10)22-23(18,19)20;6-1-3(8)5(10)4(9)2-7/h2-4,6-7,10,16-17H,1H2,(H2,11,12,13)(H2,18,19,20);1,3-5,7-10H,2H2/t4-,6-,7-,10-;/m1./s1. The van der Waals surface area contributed by atoms with E-state index in [1.165, 1.54) is 17.2 Å². The number of aromatic nitrogens is 4. The maximum absolute atomic E-state index is 11.0. The van der Waals surface area contributed by atoms with Crippen LogP contribution in [0.4, 0.5) is 5.82 Å². The molecular weight excluding hydrogens is 473 g/mol. The molecule has 0 aromatic carbocycles. The molecule has 33 heavy (non-hydrogen) atoms. The highest BCUT2D eigenvalue weighted by Crippen LogP contribution is 2.44. The lowest BCUT2D eigenvalue weighted by molar-refractivity contribution is -0.127. The van der Waals surface area contributed by atoms with Crippen molar-refractivity contribution in [2.75, 3.05) is 18.9 Å². The van der Waals surface area contributed by atoms with Crippen LogP contribution in [0.15, 0.2) is 12.7 Å². The van der Waals surface area contributed by atoms with Crippen LogP contribution in [-0.4, -0.2) is 116 Å². The van der Waals surface area contributed by atoms with Gasteiger partial charge in [-0.2, -0.15) is 0 Å². The molecule has 1 fully saturated rings. The normalized spacial score (nSPS) is 25.8. The van der Waals surface area contributed by atoms with E-state index in [2.05, 4.69) is 19.5 Å². The second-order valence-electron chi connectivity index (χ2n) is 6.75. The molecule has 2 aromatic rings. The van der Waals surface area contributed by atoms with Crippen LogP contribution in [0.1, 0.15) is 6.23 Å². The lowest BCUT2D eigenvalue weighted by Gasteiger charge is -2.19. The third kappa shape index (κ3) is 6.46. The molecule has 10 N–H and O–H groups in total. The first kappa shape index (κ1) is 27.1. The Morgan fingerprint density at radius 3 is 2.45 bits per heavy atom. The van der Waals surface area contributed by atoms with Crippen molar-refractivity contribution in [3.05, 3.63) is 12.7 Å². The number of hydrogen-bond donors (Lipinski definition) is 9. The van der Waals surface area contributed by atoms with Crippen LogP contribution in [0, 0.1) is 0 Å². The zero-order valence-electron chi connectivity index (χ0n) is 16.7. The highest BCUT2D eigenvalue weighted by atomic mass is 31.2. The van der Waals surface area contributed by atoms with Gasteiger partial charge < -0.3 is 55.7 Å². The number of nitrogen functional groups attached to an aromatic ring is 1. The Bertz CT molecular complexity index is 972. The van der Waals surface area contributed by atoms with E-state index in [0.717, 1.165) is 0 Å². The maximum Gasteiger partial charge on any atom is 0.470 e. The van der Waals surface area contributed by atoms with Crippen molar-refractivity contribution in [2.24, 2.45) is 0 Å². The Kier molecular flexibility index (Phi) is 9.29. The summed E-state index contributed by atoms with van der Waals surface area (Å²) in [7, 11) is -4.88. The predicted octanol–water partition coefficient (Wildman–Crippen LogP) is -4.60. The van der Waals surface area contributed by atoms with Gasteiger partial charge in [0.15, 0.2) is 24.0 Å². The van der Waals surface area contributed by atoms with Gasteiger partial charge in [0.05, 0.1) is 19.5 Å². The number of imidazole rings is 1. The lowest BCUT2D eigenvalue weighted by Crippen LogP contribution is -2.40. The number of aliphatic hydroxyl groups excluding tert-OH is 6. The number of carbonyl (C=O) groups is 1. The zero-order chi connectivity index (χ0) is 24.9. The molecular formula is C15H24N5O12P. The Balaban J connectivity index is 0.000000328. The average molecular weight is 497 g/mol. The first-order valence-electron chi connectivity index (χ1n) is 9.16. The smallest absolute Gasteiger partial charge is 0.394 e. The molecule has 1 saturated heterocycles. The number of phosphoric acid groups is 1. The second-order valence-corrected chi connectivity index (χ2v) is 7.94. The van der Waals surface area contributed by atoms with Crippen molar-refractivity contribution < 1.29 is 59.0 Å². The Labute approximate surface area is 184 Å². The molecule has 0 bridgehead atoms. The van der Waals surface area contributed by atoms with Gasteiger partial charge in [-0.25, -0.2) is 19.5 Å². The summed E-state index contributed by atoms with van der Waals surface area (Å²) in [4.78, 5) is 39.4. The molecule has 3 unspecified atom stereocenters. The first-order valence-corrected chi connectivity index (χ1v) is 10.7. The molecule has 0 spiro atoms. The number of nitrogens with zero attached hydrogens (tertiary/aromatic N) is 4. The summed E-state index contributed by atoms with van der Waals surface area (Å²) >= 11 is 0. The summed E-state index contributed by atoms with van der Waals surface area (Å²) in [5, 5.41) is 53.6. The average Bonchev–Trinajstić information content (AvgIpc) is 3.33. The Hall–Kier alpha value is -2.15. The Morgan fingerprint density at radius 1 is 1.24 bits per heavy atom. The quantitative estimate of drug-likeness (QED) is 0.122. The summed E-state index contributed by atoms with van der Waals surface area (Å²) in [6.07, 6.45) is -7.31. The molecule has 3 rings (SSSR count). The number of aldehydes is 1. The second kappa shape index (κ2) is 11.3. The topological polar surface area (TPSA) is 284 Å². The number of ether oxygens (including phenoxy) is 1. The molecule has 0 radical (unpaired) electrons. The highest BCUT2D eigenvalue weighted by molar-refractivity contribution is 7.46. The van der Waals surface area contributed by atoms with Crippen LogP contribution in [0.25, 0.3) is 11.2 Å². The highest BCUT2D eigenvalue weighted by Gasteiger charge is 2.48. The van der Waals surface area contributed by atoms with Crippen molar-refractivity contribution in [2.45, 2.75) is 42.9 Å². The van der Waals surface area contributed by atoms with Gasteiger partial charge in [0.1, 0.15) is 48.5 Å². The van der Waals surface area contributed by atoms with Gasteiger partial charge in [-0.1, -0.05) is 0 Å². The number of carbonyl (C=O) groups excluding carboxylic acids is 1. The fourth-order valence-corrected chi connectivity index (χ4v) is 3.43. The van der Waals surface area contributed by atoms with Crippen LogP contribution in [0.2, 0.25) is 0 Å². The van der Waals surface area contributed by atoms with Gasteiger partial charge >= 0.3 is 7.82 Å². The summed E-state index contributed by atoms with van der Waals surface area (Å²) in [5.74, 6) is 0.128. The molecule has 0 aliphatic carbocycles. The van der Waals surface area contributed by atoms with Crippen molar-refractivity contribution in [3.63, 3.8) is 0 Å². The van der Waals surface area contributed by atoms with E-state index < -0.39 is 63.9 Å². The number of phosphoric ester groups is 1. The van der Waals surface area contributed by atoms with E-state index >= 15 is 0 Å². The molecule has 1 aliphatic heterocycles. The van der Waals surface area contributed by atoms with Gasteiger partial charge in [0.25, 0.3) is 0 Å². The van der Waals surface area contributed by atoms with E-state index in [1.54, 1.807) is 0 Å². The minimum absolute atomic E-state index is 0.0869.